The highest BCUT2D eigenvalue weighted by molar-refractivity contribution is 5.90. The SMILES string of the molecule is C/C=C(\C=C/CNC(=O)c1nc(C#N)c[nH]1)CN1CCN(CC)CC1. The molecule has 1 aromatic heterocycles. The van der Waals surface area contributed by atoms with E-state index in [-0.39, 0.29) is 17.4 Å². The maximum absolute atomic E-state index is 11.9. The van der Waals surface area contributed by atoms with Crippen LogP contribution in [-0.4, -0.2) is 71.5 Å². The summed E-state index contributed by atoms with van der Waals surface area (Å²) in [5.74, 6) is -0.158. The number of piperazine rings is 1. The summed E-state index contributed by atoms with van der Waals surface area (Å²) in [7, 11) is 0. The van der Waals surface area contributed by atoms with Gasteiger partial charge in [0.15, 0.2) is 11.5 Å². The van der Waals surface area contributed by atoms with Crippen LogP contribution >= 0.6 is 0 Å². The third kappa shape index (κ3) is 5.85. The van der Waals surface area contributed by atoms with Crippen molar-refractivity contribution in [1.82, 2.24) is 25.1 Å². The van der Waals surface area contributed by atoms with Gasteiger partial charge in [0.25, 0.3) is 5.91 Å². The number of aromatic nitrogens is 2. The van der Waals surface area contributed by atoms with Crippen molar-refractivity contribution in [2.75, 3.05) is 45.8 Å². The quantitative estimate of drug-likeness (QED) is 0.726. The molecule has 0 saturated carbocycles. The molecule has 0 spiro atoms. The summed E-state index contributed by atoms with van der Waals surface area (Å²) in [5.41, 5.74) is 1.45. The molecule has 134 valence electrons. The molecule has 2 heterocycles. The highest BCUT2D eigenvalue weighted by Crippen LogP contribution is 2.06. The number of allylic oxidation sites excluding steroid dienone is 1. The van der Waals surface area contributed by atoms with Gasteiger partial charge in [-0.25, -0.2) is 4.98 Å². The van der Waals surface area contributed by atoms with Crippen molar-refractivity contribution in [3.63, 3.8) is 0 Å². The maximum Gasteiger partial charge on any atom is 0.287 e. The van der Waals surface area contributed by atoms with Gasteiger partial charge < -0.3 is 15.2 Å². The Morgan fingerprint density at radius 2 is 2.12 bits per heavy atom. The fourth-order valence-electron chi connectivity index (χ4n) is 2.70. The van der Waals surface area contributed by atoms with Gasteiger partial charge in [-0.3, -0.25) is 9.69 Å². The van der Waals surface area contributed by atoms with Crippen molar-refractivity contribution in [2.24, 2.45) is 0 Å². The molecule has 0 radical (unpaired) electrons. The molecule has 7 nitrogen and oxygen atoms in total. The Bertz CT molecular complexity index is 661. The van der Waals surface area contributed by atoms with Crippen LogP contribution in [0.1, 0.15) is 30.2 Å². The van der Waals surface area contributed by atoms with Crippen LogP contribution in [0.5, 0.6) is 0 Å². The monoisotopic (exact) mass is 342 g/mol. The van der Waals surface area contributed by atoms with E-state index >= 15 is 0 Å². The molecule has 0 unspecified atom stereocenters. The first-order chi connectivity index (χ1) is 12.2. The third-order valence-electron chi connectivity index (χ3n) is 4.31. The Morgan fingerprint density at radius 3 is 2.72 bits per heavy atom. The van der Waals surface area contributed by atoms with E-state index in [9.17, 15) is 4.79 Å². The minimum absolute atomic E-state index is 0.157. The molecule has 25 heavy (non-hydrogen) atoms. The van der Waals surface area contributed by atoms with E-state index in [2.05, 4.69) is 44.2 Å². The van der Waals surface area contributed by atoms with Crippen molar-refractivity contribution < 1.29 is 4.79 Å². The second-order valence-corrected chi connectivity index (χ2v) is 5.93. The molecule has 2 N–H and O–H groups in total. The van der Waals surface area contributed by atoms with Gasteiger partial charge in [-0.15, -0.1) is 0 Å². The topological polar surface area (TPSA) is 88.0 Å². The number of carbonyl (C=O) groups excluding carboxylic acids is 1. The van der Waals surface area contributed by atoms with Crippen LogP contribution in [0.2, 0.25) is 0 Å². The second-order valence-electron chi connectivity index (χ2n) is 5.93. The summed E-state index contributed by atoms with van der Waals surface area (Å²) in [6, 6.07) is 1.89. The van der Waals surface area contributed by atoms with Gasteiger partial charge >= 0.3 is 0 Å². The van der Waals surface area contributed by atoms with E-state index in [1.54, 1.807) is 0 Å². The highest BCUT2D eigenvalue weighted by atomic mass is 16.2. The van der Waals surface area contributed by atoms with Gasteiger partial charge in [0.05, 0.1) is 0 Å². The van der Waals surface area contributed by atoms with Gasteiger partial charge in [0.2, 0.25) is 0 Å². The molecular formula is C18H26N6O. The van der Waals surface area contributed by atoms with E-state index in [4.69, 9.17) is 5.26 Å². The summed E-state index contributed by atoms with van der Waals surface area (Å²) < 4.78 is 0. The van der Waals surface area contributed by atoms with Crippen LogP contribution in [0.25, 0.3) is 0 Å². The Labute approximate surface area is 149 Å². The van der Waals surface area contributed by atoms with E-state index in [1.807, 2.05) is 19.1 Å². The fraction of sp³-hybridized carbons (Fsp3) is 0.500. The Balaban J connectivity index is 1.74. The van der Waals surface area contributed by atoms with Crippen LogP contribution in [0.15, 0.2) is 30.0 Å². The molecule has 1 aromatic rings. The highest BCUT2D eigenvalue weighted by Gasteiger charge is 2.15. The van der Waals surface area contributed by atoms with Crippen molar-refractivity contribution in [3.05, 3.63) is 41.5 Å². The number of nitrogens with zero attached hydrogens (tertiary/aromatic N) is 4. The normalized spacial score (nSPS) is 16.9. The van der Waals surface area contributed by atoms with Gasteiger partial charge in [0.1, 0.15) is 6.07 Å². The number of nitriles is 1. The predicted octanol–water partition coefficient (Wildman–Crippen LogP) is 1.15. The van der Waals surface area contributed by atoms with E-state index < -0.39 is 0 Å². The Hall–Kier alpha value is -2.43. The predicted molar refractivity (Wildman–Crippen MR) is 97.1 cm³/mol. The standard InChI is InChI=1S/C18H26N6O/c1-3-15(14-24-10-8-23(4-2)9-11-24)6-5-7-20-18(25)17-21-13-16(12-19)22-17/h3,5-6,13H,4,7-11,14H2,1-2H3,(H,20,25)(H,21,22)/b6-5-,15-3+. The van der Waals surface area contributed by atoms with Crippen LogP contribution in [-0.2, 0) is 0 Å². The van der Waals surface area contributed by atoms with E-state index in [0.29, 0.717) is 6.54 Å². The van der Waals surface area contributed by atoms with Gasteiger partial charge in [-0.1, -0.05) is 25.2 Å². The van der Waals surface area contributed by atoms with Crippen molar-refractivity contribution >= 4 is 5.91 Å². The van der Waals surface area contributed by atoms with Gasteiger partial charge in [-0.2, -0.15) is 5.26 Å². The summed E-state index contributed by atoms with van der Waals surface area (Å²) >= 11 is 0. The lowest BCUT2D eigenvalue weighted by atomic mass is 10.2. The number of amides is 1. The molecule has 1 saturated heterocycles. The number of nitrogens with one attached hydrogen (secondary N) is 2. The molecule has 1 aliphatic rings. The van der Waals surface area contributed by atoms with Crippen LogP contribution in [0.3, 0.4) is 0 Å². The lowest BCUT2D eigenvalue weighted by Crippen LogP contribution is -2.46. The molecule has 7 heteroatoms. The molecule has 0 aromatic carbocycles. The number of carbonyl (C=O) groups is 1. The second kappa shape index (κ2) is 9.77. The Kier molecular flexibility index (Phi) is 7.38. The number of hydrogen-bond donors (Lipinski definition) is 2. The number of hydrogen-bond acceptors (Lipinski definition) is 5. The zero-order valence-electron chi connectivity index (χ0n) is 15.0. The minimum Gasteiger partial charge on any atom is -0.346 e. The van der Waals surface area contributed by atoms with Crippen LogP contribution < -0.4 is 5.32 Å². The number of rotatable bonds is 7. The number of aromatic amines is 1. The average Bonchev–Trinajstić information content (AvgIpc) is 3.14. The van der Waals surface area contributed by atoms with Crippen molar-refractivity contribution in [2.45, 2.75) is 13.8 Å². The molecule has 2 rings (SSSR count). The number of imidazole rings is 1. The largest absolute Gasteiger partial charge is 0.346 e. The van der Waals surface area contributed by atoms with Crippen LogP contribution in [0, 0.1) is 11.3 Å². The molecular weight excluding hydrogens is 316 g/mol. The minimum atomic E-state index is -0.316. The lowest BCUT2D eigenvalue weighted by molar-refractivity contribution is 0.0948. The van der Waals surface area contributed by atoms with Crippen molar-refractivity contribution in [3.8, 4) is 6.07 Å². The third-order valence-corrected chi connectivity index (χ3v) is 4.31. The zero-order chi connectivity index (χ0) is 18.1. The smallest absolute Gasteiger partial charge is 0.287 e. The zero-order valence-corrected chi connectivity index (χ0v) is 15.0. The molecule has 1 amide bonds. The molecule has 0 atom stereocenters. The molecule has 1 aliphatic heterocycles. The van der Waals surface area contributed by atoms with E-state index in [1.165, 1.54) is 11.8 Å². The number of H-pyrrole nitrogens is 1. The van der Waals surface area contributed by atoms with E-state index in [0.717, 1.165) is 39.3 Å². The Morgan fingerprint density at radius 1 is 1.40 bits per heavy atom. The number of likely N-dealkylation sites (N-methyl/N-ethyl adjacent to an activating group) is 1. The molecule has 0 aliphatic carbocycles. The average molecular weight is 342 g/mol. The molecule has 1 fully saturated rings. The molecule has 0 bridgehead atoms. The summed E-state index contributed by atoms with van der Waals surface area (Å²) in [6.07, 6.45) is 7.51. The summed E-state index contributed by atoms with van der Waals surface area (Å²) in [6.45, 7) is 11.1. The van der Waals surface area contributed by atoms with Gasteiger partial charge in [0, 0.05) is 45.5 Å². The van der Waals surface area contributed by atoms with Crippen molar-refractivity contribution in [1.29, 1.82) is 5.26 Å². The van der Waals surface area contributed by atoms with Gasteiger partial charge in [-0.05, 0) is 19.0 Å². The maximum atomic E-state index is 11.9. The van der Waals surface area contributed by atoms with Crippen LogP contribution in [0.4, 0.5) is 0 Å². The first kappa shape index (κ1) is 18.9. The summed E-state index contributed by atoms with van der Waals surface area (Å²) in [5, 5.41) is 11.5. The first-order valence-electron chi connectivity index (χ1n) is 8.66. The summed E-state index contributed by atoms with van der Waals surface area (Å²) in [4.78, 5) is 23.4. The fourth-order valence-corrected chi connectivity index (χ4v) is 2.70. The first-order valence-corrected chi connectivity index (χ1v) is 8.66. The lowest BCUT2D eigenvalue weighted by Gasteiger charge is -2.34.